The molecule has 112 valence electrons. The van der Waals surface area contributed by atoms with Crippen molar-refractivity contribution < 1.29 is 17.9 Å². The van der Waals surface area contributed by atoms with Crippen LogP contribution in [-0.4, -0.2) is 45.1 Å². The number of morpholine rings is 1. The molecule has 1 aliphatic rings. The van der Waals surface area contributed by atoms with Crippen molar-refractivity contribution in [1.82, 2.24) is 4.31 Å². The maximum atomic E-state index is 12.8. The van der Waals surface area contributed by atoms with E-state index in [0.29, 0.717) is 31.2 Å². The van der Waals surface area contributed by atoms with Gasteiger partial charge in [-0.1, -0.05) is 0 Å². The van der Waals surface area contributed by atoms with E-state index in [0.717, 1.165) is 0 Å². The SMILES string of the molecule is COc1cc(S(=O)(=O)N2CCOCC2(C)C)ccc1N. The van der Waals surface area contributed by atoms with Crippen LogP contribution in [0.5, 0.6) is 5.75 Å². The Hall–Kier alpha value is -1.31. The molecule has 0 atom stereocenters. The van der Waals surface area contributed by atoms with Crippen molar-refractivity contribution in [1.29, 1.82) is 0 Å². The number of sulfonamides is 1. The molecular weight excluding hydrogens is 280 g/mol. The molecule has 0 spiro atoms. The number of methoxy groups -OCH3 is 1. The molecule has 0 bridgehead atoms. The van der Waals surface area contributed by atoms with Crippen LogP contribution in [-0.2, 0) is 14.8 Å². The number of nitrogens with two attached hydrogens (primary N) is 1. The van der Waals surface area contributed by atoms with Crippen molar-refractivity contribution in [2.75, 3.05) is 32.6 Å². The largest absolute Gasteiger partial charge is 0.495 e. The highest BCUT2D eigenvalue weighted by molar-refractivity contribution is 7.89. The first-order chi connectivity index (χ1) is 9.29. The van der Waals surface area contributed by atoms with E-state index in [1.54, 1.807) is 6.07 Å². The molecule has 0 aromatic heterocycles. The molecule has 1 aromatic rings. The van der Waals surface area contributed by atoms with Gasteiger partial charge in [0.25, 0.3) is 0 Å². The summed E-state index contributed by atoms with van der Waals surface area (Å²) in [4.78, 5) is 0.179. The van der Waals surface area contributed by atoms with E-state index < -0.39 is 15.6 Å². The Bertz CT molecular complexity index is 598. The zero-order valence-corrected chi connectivity index (χ0v) is 12.7. The molecule has 0 unspecified atom stereocenters. The van der Waals surface area contributed by atoms with Gasteiger partial charge in [-0.3, -0.25) is 0 Å². The second-order valence-corrected chi connectivity index (χ2v) is 7.21. The van der Waals surface area contributed by atoms with E-state index in [1.165, 1.54) is 23.5 Å². The van der Waals surface area contributed by atoms with Gasteiger partial charge in [-0.05, 0) is 26.0 Å². The zero-order valence-electron chi connectivity index (χ0n) is 11.9. The lowest BCUT2D eigenvalue weighted by Crippen LogP contribution is -2.55. The number of nitrogen functional groups attached to an aromatic ring is 1. The molecule has 0 aliphatic carbocycles. The van der Waals surface area contributed by atoms with Crippen molar-refractivity contribution >= 4 is 15.7 Å². The average Bonchev–Trinajstić information content (AvgIpc) is 2.38. The summed E-state index contributed by atoms with van der Waals surface area (Å²) in [5, 5.41) is 0. The number of benzene rings is 1. The van der Waals surface area contributed by atoms with Gasteiger partial charge in [0, 0.05) is 12.6 Å². The summed E-state index contributed by atoms with van der Waals surface area (Å²) in [6, 6.07) is 4.49. The molecule has 1 aromatic carbocycles. The molecule has 1 aliphatic heterocycles. The lowest BCUT2D eigenvalue weighted by molar-refractivity contribution is -0.00771. The first-order valence-corrected chi connectivity index (χ1v) is 7.77. The van der Waals surface area contributed by atoms with E-state index in [-0.39, 0.29) is 4.90 Å². The van der Waals surface area contributed by atoms with Gasteiger partial charge in [0.1, 0.15) is 5.75 Å². The molecule has 0 radical (unpaired) electrons. The minimum absolute atomic E-state index is 0.179. The maximum absolute atomic E-state index is 12.8. The van der Waals surface area contributed by atoms with Crippen molar-refractivity contribution in [2.45, 2.75) is 24.3 Å². The van der Waals surface area contributed by atoms with Crippen LogP contribution < -0.4 is 10.5 Å². The molecular formula is C13H20N2O4S. The van der Waals surface area contributed by atoms with Gasteiger partial charge in [0.05, 0.1) is 36.4 Å². The molecule has 7 heteroatoms. The van der Waals surface area contributed by atoms with Gasteiger partial charge < -0.3 is 15.2 Å². The Morgan fingerprint density at radius 1 is 1.40 bits per heavy atom. The zero-order chi connectivity index (χ0) is 15.0. The van der Waals surface area contributed by atoms with Gasteiger partial charge in [-0.25, -0.2) is 8.42 Å². The van der Waals surface area contributed by atoms with Gasteiger partial charge in [-0.15, -0.1) is 0 Å². The lowest BCUT2D eigenvalue weighted by atomic mass is 10.1. The van der Waals surface area contributed by atoms with E-state index in [4.69, 9.17) is 15.2 Å². The van der Waals surface area contributed by atoms with Crippen LogP contribution in [0, 0.1) is 0 Å². The summed E-state index contributed by atoms with van der Waals surface area (Å²) in [6.45, 7) is 4.80. The molecule has 0 amide bonds. The maximum Gasteiger partial charge on any atom is 0.243 e. The molecule has 1 fully saturated rings. The standard InChI is InChI=1S/C13H20N2O4S/c1-13(2)9-19-7-6-15(13)20(16,17)10-4-5-11(14)12(8-10)18-3/h4-5,8H,6-7,9,14H2,1-3H3. The van der Waals surface area contributed by atoms with Crippen molar-refractivity contribution in [2.24, 2.45) is 0 Å². The predicted octanol–water partition coefficient (Wildman–Crippen LogP) is 1.08. The number of anilines is 1. The van der Waals surface area contributed by atoms with E-state index in [9.17, 15) is 8.42 Å². The first kappa shape index (κ1) is 15.1. The molecule has 20 heavy (non-hydrogen) atoms. The molecule has 6 nitrogen and oxygen atoms in total. The topological polar surface area (TPSA) is 81.9 Å². The van der Waals surface area contributed by atoms with Crippen LogP contribution >= 0.6 is 0 Å². The minimum Gasteiger partial charge on any atom is -0.495 e. The van der Waals surface area contributed by atoms with Crippen LogP contribution in [0.15, 0.2) is 23.1 Å². The number of rotatable bonds is 3. The van der Waals surface area contributed by atoms with Gasteiger partial charge in [0.15, 0.2) is 0 Å². The normalized spacial score (nSPS) is 19.8. The van der Waals surface area contributed by atoms with Crippen LogP contribution in [0.1, 0.15) is 13.8 Å². The Kier molecular flexibility index (Phi) is 3.95. The molecule has 2 rings (SSSR count). The number of hydrogen-bond acceptors (Lipinski definition) is 5. The fourth-order valence-electron chi connectivity index (χ4n) is 2.27. The Morgan fingerprint density at radius 3 is 2.70 bits per heavy atom. The highest BCUT2D eigenvalue weighted by atomic mass is 32.2. The summed E-state index contributed by atoms with van der Waals surface area (Å²) >= 11 is 0. The van der Waals surface area contributed by atoms with E-state index in [1.807, 2.05) is 13.8 Å². The molecule has 2 N–H and O–H groups in total. The van der Waals surface area contributed by atoms with E-state index >= 15 is 0 Å². The fraction of sp³-hybridized carbons (Fsp3) is 0.538. The Morgan fingerprint density at radius 2 is 2.10 bits per heavy atom. The summed E-state index contributed by atoms with van der Waals surface area (Å²) in [6.07, 6.45) is 0. The Balaban J connectivity index is 2.44. The molecule has 1 heterocycles. The summed E-state index contributed by atoms with van der Waals surface area (Å²) in [5.74, 6) is 0.358. The monoisotopic (exact) mass is 300 g/mol. The number of nitrogens with zero attached hydrogens (tertiary/aromatic N) is 1. The number of hydrogen-bond donors (Lipinski definition) is 1. The third kappa shape index (κ3) is 2.61. The minimum atomic E-state index is -3.60. The van der Waals surface area contributed by atoms with Gasteiger partial charge in [-0.2, -0.15) is 4.31 Å². The predicted molar refractivity (Wildman–Crippen MR) is 76.2 cm³/mol. The van der Waals surface area contributed by atoms with Gasteiger partial charge in [0.2, 0.25) is 10.0 Å². The van der Waals surface area contributed by atoms with Crippen molar-refractivity contribution in [3.05, 3.63) is 18.2 Å². The Labute approximate surface area is 119 Å². The second-order valence-electron chi connectivity index (χ2n) is 5.35. The first-order valence-electron chi connectivity index (χ1n) is 6.33. The quantitative estimate of drug-likeness (QED) is 0.845. The summed E-state index contributed by atoms with van der Waals surface area (Å²) in [5.41, 5.74) is 5.55. The highest BCUT2D eigenvalue weighted by Crippen LogP contribution is 2.31. The van der Waals surface area contributed by atoms with Crippen molar-refractivity contribution in [3.63, 3.8) is 0 Å². The summed E-state index contributed by atoms with van der Waals surface area (Å²) in [7, 11) is -2.14. The van der Waals surface area contributed by atoms with Crippen LogP contribution in [0.2, 0.25) is 0 Å². The molecule has 0 saturated carbocycles. The van der Waals surface area contributed by atoms with Crippen LogP contribution in [0.25, 0.3) is 0 Å². The highest BCUT2D eigenvalue weighted by Gasteiger charge is 2.39. The fourth-order valence-corrected chi connectivity index (χ4v) is 4.04. The second kappa shape index (κ2) is 5.23. The third-order valence-electron chi connectivity index (χ3n) is 3.36. The van der Waals surface area contributed by atoms with E-state index in [2.05, 4.69) is 0 Å². The van der Waals surface area contributed by atoms with Gasteiger partial charge >= 0.3 is 0 Å². The molecule has 1 saturated heterocycles. The van der Waals surface area contributed by atoms with Crippen molar-refractivity contribution in [3.8, 4) is 5.75 Å². The lowest BCUT2D eigenvalue weighted by Gasteiger charge is -2.40. The number of ether oxygens (including phenoxy) is 2. The van der Waals surface area contributed by atoms with Crippen LogP contribution in [0.4, 0.5) is 5.69 Å². The van der Waals surface area contributed by atoms with Crippen LogP contribution in [0.3, 0.4) is 0 Å². The summed E-state index contributed by atoms with van der Waals surface area (Å²) < 4.78 is 37.4. The third-order valence-corrected chi connectivity index (χ3v) is 5.47. The smallest absolute Gasteiger partial charge is 0.243 e. The average molecular weight is 300 g/mol.